The van der Waals surface area contributed by atoms with Gasteiger partial charge in [0.05, 0.1) is 0 Å². The van der Waals surface area contributed by atoms with E-state index in [1.165, 1.54) is 6.07 Å². The van der Waals surface area contributed by atoms with E-state index < -0.39 is 0 Å². The molecule has 0 bridgehead atoms. The molecule has 0 aromatic heterocycles. The van der Waals surface area contributed by atoms with Crippen LogP contribution in [0.3, 0.4) is 0 Å². The van der Waals surface area contributed by atoms with E-state index in [-0.39, 0.29) is 5.82 Å². The fraction of sp³-hybridized carbons (Fsp3) is 0.385. The third-order valence-corrected chi connectivity index (χ3v) is 2.33. The van der Waals surface area contributed by atoms with Crippen molar-refractivity contribution >= 4 is 0 Å². The molecule has 0 aliphatic rings. The van der Waals surface area contributed by atoms with Crippen molar-refractivity contribution < 1.29 is 4.39 Å². The van der Waals surface area contributed by atoms with Crippen LogP contribution in [-0.4, -0.2) is 12.6 Å². The average Bonchev–Trinajstić information content (AvgIpc) is 2.22. The van der Waals surface area contributed by atoms with Crippen molar-refractivity contribution in [2.45, 2.75) is 25.8 Å². The average molecular weight is 207 g/mol. The number of rotatable bonds is 6. The maximum Gasteiger partial charge on any atom is 0.126 e. The smallest absolute Gasteiger partial charge is 0.126 e. The second kappa shape index (κ2) is 6.36. The standard InChI is InChI=1S/C13H18FN/c1-3-4-9-15-11(2)10-12-7-5-6-8-13(12)14/h3,5-8,11,15H,1,4,9-10H2,2H3. The van der Waals surface area contributed by atoms with Gasteiger partial charge in [-0.25, -0.2) is 4.39 Å². The van der Waals surface area contributed by atoms with Crippen LogP contribution < -0.4 is 5.32 Å². The number of benzene rings is 1. The first-order valence-electron chi connectivity index (χ1n) is 5.31. The molecule has 1 aromatic rings. The van der Waals surface area contributed by atoms with Crippen molar-refractivity contribution in [2.75, 3.05) is 6.54 Å². The summed E-state index contributed by atoms with van der Waals surface area (Å²) in [6.45, 7) is 6.62. The summed E-state index contributed by atoms with van der Waals surface area (Å²) in [6.07, 6.45) is 3.55. The summed E-state index contributed by atoms with van der Waals surface area (Å²) in [6, 6.07) is 7.22. The molecule has 0 heterocycles. The van der Waals surface area contributed by atoms with Gasteiger partial charge in [-0.3, -0.25) is 0 Å². The van der Waals surface area contributed by atoms with Gasteiger partial charge in [-0.2, -0.15) is 0 Å². The van der Waals surface area contributed by atoms with Crippen LogP contribution in [0.25, 0.3) is 0 Å². The molecule has 0 aliphatic heterocycles. The van der Waals surface area contributed by atoms with E-state index in [1.807, 2.05) is 18.2 Å². The lowest BCUT2D eigenvalue weighted by atomic mass is 10.1. The van der Waals surface area contributed by atoms with Gasteiger partial charge in [-0.05, 0) is 37.9 Å². The zero-order valence-corrected chi connectivity index (χ0v) is 9.17. The molecule has 0 saturated carbocycles. The SMILES string of the molecule is C=CCCNC(C)Cc1ccccc1F. The number of halogens is 1. The maximum atomic E-state index is 13.3. The Balaban J connectivity index is 2.40. The van der Waals surface area contributed by atoms with Gasteiger partial charge in [-0.15, -0.1) is 6.58 Å². The first-order chi connectivity index (χ1) is 7.24. The lowest BCUT2D eigenvalue weighted by molar-refractivity contribution is 0.531. The highest BCUT2D eigenvalue weighted by atomic mass is 19.1. The van der Waals surface area contributed by atoms with E-state index >= 15 is 0 Å². The molecule has 0 spiro atoms. The molecule has 15 heavy (non-hydrogen) atoms. The maximum absolute atomic E-state index is 13.3. The van der Waals surface area contributed by atoms with E-state index in [1.54, 1.807) is 6.07 Å². The van der Waals surface area contributed by atoms with Crippen LogP contribution in [0.15, 0.2) is 36.9 Å². The Morgan fingerprint density at radius 1 is 1.47 bits per heavy atom. The number of nitrogens with one attached hydrogen (secondary N) is 1. The van der Waals surface area contributed by atoms with Crippen LogP contribution in [0, 0.1) is 5.82 Å². The Labute approximate surface area is 91.0 Å². The molecule has 1 rings (SSSR count). The number of hydrogen-bond acceptors (Lipinski definition) is 1. The minimum Gasteiger partial charge on any atom is -0.314 e. The summed E-state index contributed by atoms with van der Waals surface area (Å²) in [5, 5.41) is 3.32. The van der Waals surface area contributed by atoms with Gasteiger partial charge in [0.15, 0.2) is 0 Å². The van der Waals surface area contributed by atoms with Gasteiger partial charge in [-0.1, -0.05) is 24.3 Å². The van der Waals surface area contributed by atoms with Crippen molar-refractivity contribution in [2.24, 2.45) is 0 Å². The molecule has 1 atom stereocenters. The molecule has 1 aromatic carbocycles. The number of hydrogen-bond donors (Lipinski definition) is 1. The molecule has 0 fully saturated rings. The molecule has 2 heteroatoms. The van der Waals surface area contributed by atoms with Gasteiger partial charge < -0.3 is 5.32 Å². The molecule has 1 unspecified atom stereocenters. The van der Waals surface area contributed by atoms with Crippen molar-refractivity contribution in [3.8, 4) is 0 Å². The van der Waals surface area contributed by atoms with Gasteiger partial charge in [0, 0.05) is 6.04 Å². The van der Waals surface area contributed by atoms with Crippen LogP contribution >= 0.6 is 0 Å². The minimum absolute atomic E-state index is 0.116. The van der Waals surface area contributed by atoms with Crippen molar-refractivity contribution in [1.82, 2.24) is 5.32 Å². The van der Waals surface area contributed by atoms with Crippen molar-refractivity contribution in [3.05, 3.63) is 48.3 Å². The predicted octanol–water partition coefficient (Wildman–Crippen LogP) is 2.92. The zero-order valence-electron chi connectivity index (χ0n) is 9.17. The molecule has 0 radical (unpaired) electrons. The van der Waals surface area contributed by atoms with Crippen LogP contribution in [0.2, 0.25) is 0 Å². The van der Waals surface area contributed by atoms with E-state index in [0.717, 1.165) is 24.9 Å². The molecule has 0 aliphatic carbocycles. The fourth-order valence-electron chi connectivity index (χ4n) is 1.50. The van der Waals surface area contributed by atoms with Gasteiger partial charge in [0.2, 0.25) is 0 Å². The Morgan fingerprint density at radius 3 is 2.87 bits per heavy atom. The summed E-state index contributed by atoms with van der Waals surface area (Å²) in [5.41, 5.74) is 0.774. The zero-order chi connectivity index (χ0) is 11.1. The summed E-state index contributed by atoms with van der Waals surface area (Å²) in [4.78, 5) is 0. The lowest BCUT2D eigenvalue weighted by Crippen LogP contribution is -2.29. The third kappa shape index (κ3) is 4.26. The van der Waals surface area contributed by atoms with E-state index in [2.05, 4.69) is 18.8 Å². The normalized spacial score (nSPS) is 12.4. The lowest BCUT2D eigenvalue weighted by Gasteiger charge is -2.13. The van der Waals surface area contributed by atoms with Crippen LogP contribution in [0.1, 0.15) is 18.9 Å². The summed E-state index contributed by atoms with van der Waals surface area (Å²) in [7, 11) is 0. The van der Waals surface area contributed by atoms with Gasteiger partial charge in [0.1, 0.15) is 5.82 Å². The fourth-order valence-corrected chi connectivity index (χ4v) is 1.50. The summed E-state index contributed by atoms with van der Waals surface area (Å²) < 4.78 is 13.3. The highest BCUT2D eigenvalue weighted by Crippen LogP contribution is 2.08. The second-order valence-electron chi connectivity index (χ2n) is 3.73. The molecule has 82 valence electrons. The Morgan fingerprint density at radius 2 is 2.20 bits per heavy atom. The van der Waals surface area contributed by atoms with E-state index in [9.17, 15) is 4.39 Å². The molecule has 0 saturated heterocycles. The van der Waals surface area contributed by atoms with Crippen LogP contribution in [0.5, 0.6) is 0 Å². The van der Waals surface area contributed by atoms with E-state index in [4.69, 9.17) is 0 Å². The Bertz CT molecular complexity index is 309. The van der Waals surface area contributed by atoms with Crippen LogP contribution in [0.4, 0.5) is 4.39 Å². The Kier molecular flexibility index (Phi) is 5.05. The van der Waals surface area contributed by atoms with Gasteiger partial charge in [0.25, 0.3) is 0 Å². The first-order valence-corrected chi connectivity index (χ1v) is 5.31. The predicted molar refractivity (Wildman–Crippen MR) is 62.4 cm³/mol. The molecule has 1 nitrogen and oxygen atoms in total. The van der Waals surface area contributed by atoms with Gasteiger partial charge >= 0.3 is 0 Å². The van der Waals surface area contributed by atoms with E-state index in [0.29, 0.717) is 6.04 Å². The van der Waals surface area contributed by atoms with Crippen LogP contribution in [-0.2, 0) is 6.42 Å². The second-order valence-corrected chi connectivity index (χ2v) is 3.73. The van der Waals surface area contributed by atoms with Crippen molar-refractivity contribution in [1.29, 1.82) is 0 Å². The third-order valence-electron chi connectivity index (χ3n) is 2.33. The summed E-state index contributed by atoms with van der Waals surface area (Å²) >= 11 is 0. The molecule has 0 amide bonds. The summed E-state index contributed by atoms with van der Waals surface area (Å²) in [5.74, 6) is -0.116. The molecular weight excluding hydrogens is 189 g/mol. The monoisotopic (exact) mass is 207 g/mol. The molecular formula is C13H18FN. The highest BCUT2D eigenvalue weighted by molar-refractivity contribution is 5.18. The highest BCUT2D eigenvalue weighted by Gasteiger charge is 2.05. The quantitative estimate of drug-likeness (QED) is 0.558. The molecule has 1 N–H and O–H groups in total. The minimum atomic E-state index is -0.116. The topological polar surface area (TPSA) is 12.0 Å². The first kappa shape index (κ1) is 11.9. The van der Waals surface area contributed by atoms with Crippen molar-refractivity contribution in [3.63, 3.8) is 0 Å². The Hall–Kier alpha value is -1.15. The largest absolute Gasteiger partial charge is 0.314 e.